The van der Waals surface area contributed by atoms with E-state index in [0.717, 1.165) is 24.6 Å². The highest BCUT2D eigenvalue weighted by Crippen LogP contribution is 2.25. The van der Waals surface area contributed by atoms with Crippen molar-refractivity contribution in [2.24, 2.45) is 0 Å². The Morgan fingerprint density at radius 3 is 2.57 bits per heavy atom. The van der Waals surface area contributed by atoms with Crippen molar-refractivity contribution in [3.8, 4) is 0 Å². The van der Waals surface area contributed by atoms with E-state index in [1.165, 1.54) is 11.1 Å². The summed E-state index contributed by atoms with van der Waals surface area (Å²) in [5.74, 6) is 1.04. The third-order valence-corrected chi connectivity index (χ3v) is 4.14. The van der Waals surface area contributed by atoms with E-state index < -0.39 is 0 Å². The first-order chi connectivity index (χ1) is 9.90. The molecular formula is C17H25N3S. The van der Waals surface area contributed by atoms with Gasteiger partial charge in [0.2, 0.25) is 0 Å². The number of thiophene rings is 1. The molecule has 0 fully saturated rings. The van der Waals surface area contributed by atoms with Crippen LogP contribution in [0.5, 0.6) is 0 Å². The molecule has 1 N–H and O–H groups in total. The Kier molecular flexibility index (Phi) is 5.01. The highest BCUT2D eigenvalue weighted by Gasteiger charge is 2.18. The predicted octanol–water partition coefficient (Wildman–Crippen LogP) is 3.80. The number of hydrogen-bond donors (Lipinski definition) is 1. The minimum Gasteiger partial charge on any atom is -0.355 e. The van der Waals surface area contributed by atoms with Crippen molar-refractivity contribution in [3.05, 3.63) is 45.8 Å². The fourth-order valence-electron chi connectivity index (χ4n) is 2.19. The van der Waals surface area contributed by atoms with Gasteiger partial charge in [-0.25, -0.2) is 4.98 Å². The first-order valence-electron chi connectivity index (χ1n) is 7.28. The van der Waals surface area contributed by atoms with Gasteiger partial charge in [-0.05, 0) is 47.1 Å². The maximum atomic E-state index is 4.87. The average Bonchev–Trinajstić information content (AvgIpc) is 2.90. The SMILES string of the molecule is CNCc1cc(N(C)Cc2ccsc2)nc(C(C)(C)C)c1. The van der Waals surface area contributed by atoms with Crippen LogP contribution in [0.1, 0.15) is 37.6 Å². The number of nitrogens with zero attached hydrogens (tertiary/aromatic N) is 2. The fraction of sp³-hybridized carbons (Fsp3) is 0.471. The molecule has 0 saturated heterocycles. The number of anilines is 1. The molecule has 0 aromatic carbocycles. The van der Waals surface area contributed by atoms with Crippen molar-refractivity contribution in [2.45, 2.75) is 39.3 Å². The van der Waals surface area contributed by atoms with Crippen LogP contribution in [0.2, 0.25) is 0 Å². The van der Waals surface area contributed by atoms with E-state index >= 15 is 0 Å². The van der Waals surface area contributed by atoms with Gasteiger partial charge in [-0.2, -0.15) is 11.3 Å². The molecule has 0 aliphatic heterocycles. The summed E-state index contributed by atoms with van der Waals surface area (Å²) in [5.41, 5.74) is 3.81. The molecule has 114 valence electrons. The van der Waals surface area contributed by atoms with Gasteiger partial charge in [0.15, 0.2) is 0 Å². The van der Waals surface area contributed by atoms with Gasteiger partial charge < -0.3 is 10.2 Å². The average molecular weight is 303 g/mol. The summed E-state index contributed by atoms with van der Waals surface area (Å²) < 4.78 is 0. The minimum atomic E-state index is 0.0573. The summed E-state index contributed by atoms with van der Waals surface area (Å²) in [6.45, 7) is 8.39. The van der Waals surface area contributed by atoms with E-state index in [0.29, 0.717) is 0 Å². The van der Waals surface area contributed by atoms with Crippen LogP contribution in [0, 0.1) is 0 Å². The summed E-state index contributed by atoms with van der Waals surface area (Å²) in [7, 11) is 4.08. The molecule has 0 saturated carbocycles. The molecule has 2 aromatic rings. The van der Waals surface area contributed by atoms with E-state index in [4.69, 9.17) is 4.98 Å². The largest absolute Gasteiger partial charge is 0.355 e. The Morgan fingerprint density at radius 1 is 1.24 bits per heavy atom. The van der Waals surface area contributed by atoms with Crippen LogP contribution in [0.4, 0.5) is 5.82 Å². The molecule has 0 aliphatic carbocycles. The Labute approximate surface area is 132 Å². The normalized spacial score (nSPS) is 11.7. The van der Waals surface area contributed by atoms with Crippen LogP contribution in [-0.4, -0.2) is 19.1 Å². The molecule has 2 rings (SSSR count). The van der Waals surface area contributed by atoms with Crippen LogP contribution < -0.4 is 10.2 Å². The van der Waals surface area contributed by atoms with Gasteiger partial charge in [-0.1, -0.05) is 20.8 Å². The van der Waals surface area contributed by atoms with E-state index in [2.05, 4.69) is 67.0 Å². The number of aromatic nitrogens is 1. The Balaban J connectivity index is 2.30. The topological polar surface area (TPSA) is 28.2 Å². The minimum absolute atomic E-state index is 0.0573. The quantitative estimate of drug-likeness (QED) is 0.910. The second kappa shape index (κ2) is 6.58. The fourth-order valence-corrected chi connectivity index (χ4v) is 2.85. The molecule has 21 heavy (non-hydrogen) atoms. The number of rotatable bonds is 5. The van der Waals surface area contributed by atoms with Gasteiger partial charge in [0.25, 0.3) is 0 Å². The highest BCUT2D eigenvalue weighted by atomic mass is 32.1. The lowest BCUT2D eigenvalue weighted by atomic mass is 9.90. The zero-order chi connectivity index (χ0) is 15.5. The highest BCUT2D eigenvalue weighted by molar-refractivity contribution is 7.07. The summed E-state index contributed by atoms with van der Waals surface area (Å²) in [4.78, 5) is 7.09. The molecule has 0 aliphatic rings. The van der Waals surface area contributed by atoms with Crippen LogP contribution in [0.3, 0.4) is 0 Å². The van der Waals surface area contributed by atoms with Crippen molar-refractivity contribution < 1.29 is 0 Å². The maximum absolute atomic E-state index is 4.87. The van der Waals surface area contributed by atoms with Gasteiger partial charge in [-0.3, -0.25) is 0 Å². The third kappa shape index (κ3) is 4.29. The lowest BCUT2D eigenvalue weighted by Gasteiger charge is -2.24. The van der Waals surface area contributed by atoms with Crippen LogP contribution in [0.15, 0.2) is 29.0 Å². The van der Waals surface area contributed by atoms with Crippen molar-refractivity contribution in [3.63, 3.8) is 0 Å². The van der Waals surface area contributed by atoms with E-state index in [-0.39, 0.29) is 5.41 Å². The summed E-state index contributed by atoms with van der Waals surface area (Å²) in [5, 5.41) is 7.54. The number of nitrogens with one attached hydrogen (secondary N) is 1. The molecule has 0 amide bonds. The van der Waals surface area contributed by atoms with Crippen LogP contribution in [-0.2, 0) is 18.5 Å². The summed E-state index contributed by atoms with van der Waals surface area (Å²) >= 11 is 1.74. The molecule has 0 radical (unpaired) electrons. The van der Waals surface area contributed by atoms with E-state index in [1.54, 1.807) is 11.3 Å². The van der Waals surface area contributed by atoms with Crippen LogP contribution >= 0.6 is 11.3 Å². The van der Waals surface area contributed by atoms with Crippen molar-refractivity contribution in [2.75, 3.05) is 19.0 Å². The van der Waals surface area contributed by atoms with E-state index in [9.17, 15) is 0 Å². The molecular weight excluding hydrogens is 278 g/mol. The molecule has 0 unspecified atom stereocenters. The molecule has 2 aromatic heterocycles. The zero-order valence-corrected chi connectivity index (χ0v) is 14.4. The van der Waals surface area contributed by atoms with Crippen molar-refractivity contribution in [1.29, 1.82) is 0 Å². The second-order valence-corrected chi connectivity index (χ2v) is 7.27. The molecule has 2 heterocycles. The molecule has 0 atom stereocenters. The molecule has 3 nitrogen and oxygen atoms in total. The monoisotopic (exact) mass is 303 g/mol. The second-order valence-electron chi connectivity index (χ2n) is 6.49. The standard InChI is InChI=1S/C17H25N3S/c1-17(2,3)15-8-14(10-18-4)9-16(19-15)20(5)11-13-6-7-21-12-13/h6-9,12,18H,10-11H2,1-5H3. The smallest absolute Gasteiger partial charge is 0.129 e. The number of hydrogen-bond acceptors (Lipinski definition) is 4. The molecule has 0 bridgehead atoms. The van der Waals surface area contributed by atoms with Crippen molar-refractivity contribution in [1.82, 2.24) is 10.3 Å². The first kappa shape index (κ1) is 16.0. The third-order valence-electron chi connectivity index (χ3n) is 3.41. The lowest BCUT2D eigenvalue weighted by Crippen LogP contribution is -2.22. The van der Waals surface area contributed by atoms with Gasteiger partial charge >= 0.3 is 0 Å². The van der Waals surface area contributed by atoms with Gasteiger partial charge in [-0.15, -0.1) is 0 Å². The van der Waals surface area contributed by atoms with Gasteiger partial charge in [0, 0.05) is 31.2 Å². The Morgan fingerprint density at radius 2 is 2.00 bits per heavy atom. The Bertz CT molecular complexity index is 570. The maximum Gasteiger partial charge on any atom is 0.129 e. The van der Waals surface area contributed by atoms with Crippen molar-refractivity contribution >= 4 is 17.2 Å². The van der Waals surface area contributed by atoms with Gasteiger partial charge in [0.1, 0.15) is 5.82 Å². The summed E-state index contributed by atoms with van der Waals surface area (Å²) in [6, 6.07) is 6.56. The predicted molar refractivity (Wildman–Crippen MR) is 92.1 cm³/mol. The Hall–Kier alpha value is -1.39. The molecule has 0 spiro atoms. The zero-order valence-electron chi connectivity index (χ0n) is 13.6. The van der Waals surface area contributed by atoms with Gasteiger partial charge in [0.05, 0.1) is 0 Å². The summed E-state index contributed by atoms with van der Waals surface area (Å²) in [6.07, 6.45) is 0. The van der Waals surface area contributed by atoms with Crippen LogP contribution in [0.25, 0.3) is 0 Å². The van der Waals surface area contributed by atoms with E-state index in [1.807, 2.05) is 7.05 Å². The first-order valence-corrected chi connectivity index (χ1v) is 8.22. The number of pyridine rings is 1. The molecule has 4 heteroatoms. The lowest BCUT2D eigenvalue weighted by molar-refractivity contribution is 0.566.